The first-order chi connectivity index (χ1) is 5.77. The Balaban J connectivity index is 3.04. The minimum absolute atomic E-state index is 0.247. The third kappa shape index (κ3) is 1.67. The first-order valence-electron chi connectivity index (χ1n) is 3.37. The van der Waals surface area contributed by atoms with Gasteiger partial charge < -0.3 is 0 Å². The average molecular weight is 163 g/mol. The summed E-state index contributed by atoms with van der Waals surface area (Å²) in [5, 5.41) is 8.46. The van der Waals surface area contributed by atoms with Crippen LogP contribution in [0.3, 0.4) is 0 Å². The summed E-state index contributed by atoms with van der Waals surface area (Å²) >= 11 is 0. The Bertz CT molecular complexity index is 341. The van der Waals surface area contributed by atoms with Crippen LogP contribution in [0, 0.1) is 11.3 Å². The van der Waals surface area contributed by atoms with Crippen molar-refractivity contribution >= 4 is 5.78 Å². The van der Waals surface area contributed by atoms with Crippen molar-refractivity contribution in [2.75, 3.05) is 6.67 Å². The summed E-state index contributed by atoms with van der Waals surface area (Å²) in [5.41, 5.74) is 0.617. The molecule has 0 aliphatic rings. The molecule has 2 nitrogen and oxygen atoms in total. The molecular formula is C9H6FNO. The van der Waals surface area contributed by atoms with Gasteiger partial charge >= 0.3 is 0 Å². The first-order valence-corrected chi connectivity index (χ1v) is 3.37. The number of nitrogens with zero attached hydrogens (tertiary/aromatic N) is 1. The number of Topliss-reactive ketones (excluding diaryl/α,β-unsaturated/α-hetero) is 1. The molecule has 3 heteroatoms. The molecule has 1 aromatic carbocycles. The Labute approximate surface area is 69.2 Å². The van der Waals surface area contributed by atoms with E-state index in [0.29, 0.717) is 5.56 Å². The minimum atomic E-state index is -1.02. The number of rotatable bonds is 2. The monoisotopic (exact) mass is 163 g/mol. The largest absolute Gasteiger partial charge is 0.291 e. The molecule has 12 heavy (non-hydrogen) atoms. The molecule has 0 aliphatic heterocycles. The van der Waals surface area contributed by atoms with Gasteiger partial charge in [-0.3, -0.25) is 4.79 Å². The third-order valence-corrected chi connectivity index (χ3v) is 1.44. The summed E-state index contributed by atoms with van der Waals surface area (Å²) in [5.74, 6) is -0.591. The minimum Gasteiger partial charge on any atom is -0.291 e. The maximum Gasteiger partial charge on any atom is 0.193 e. The number of carbonyl (C=O) groups is 1. The molecular weight excluding hydrogens is 157 g/mol. The lowest BCUT2D eigenvalue weighted by molar-refractivity contribution is 0.0958. The Morgan fingerprint density at radius 2 is 2.33 bits per heavy atom. The summed E-state index contributed by atoms with van der Waals surface area (Å²) in [6.07, 6.45) is 0. The van der Waals surface area contributed by atoms with Crippen LogP contribution in [0.4, 0.5) is 4.39 Å². The summed E-state index contributed by atoms with van der Waals surface area (Å²) in [6.45, 7) is -1.02. The van der Waals surface area contributed by atoms with Gasteiger partial charge in [-0.15, -0.1) is 0 Å². The van der Waals surface area contributed by atoms with Crippen LogP contribution in [-0.2, 0) is 0 Å². The highest BCUT2D eigenvalue weighted by Gasteiger charge is 2.04. The van der Waals surface area contributed by atoms with Crippen LogP contribution in [0.5, 0.6) is 0 Å². The van der Waals surface area contributed by atoms with Gasteiger partial charge in [0.2, 0.25) is 0 Å². The summed E-state index contributed by atoms with van der Waals surface area (Å²) < 4.78 is 11.9. The van der Waals surface area contributed by atoms with Gasteiger partial charge in [0.1, 0.15) is 0 Å². The second-order valence-corrected chi connectivity index (χ2v) is 2.25. The fourth-order valence-electron chi connectivity index (χ4n) is 0.839. The molecule has 0 unspecified atom stereocenters. The van der Waals surface area contributed by atoms with Crippen LogP contribution in [0.15, 0.2) is 24.3 Å². The van der Waals surface area contributed by atoms with E-state index in [0.717, 1.165) is 0 Å². The lowest BCUT2D eigenvalue weighted by atomic mass is 10.1. The molecule has 0 fully saturated rings. The lowest BCUT2D eigenvalue weighted by Crippen LogP contribution is -2.00. The average Bonchev–Trinajstić information content (AvgIpc) is 2.17. The second-order valence-electron chi connectivity index (χ2n) is 2.25. The second kappa shape index (κ2) is 3.63. The van der Waals surface area contributed by atoms with Crippen molar-refractivity contribution in [1.29, 1.82) is 5.26 Å². The van der Waals surface area contributed by atoms with Crippen molar-refractivity contribution in [2.24, 2.45) is 0 Å². The highest BCUT2D eigenvalue weighted by Crippen LogP contribution is 2.04. The van der Waals surface area contributed by atoms with Gasteiger partial charge in [-0.25, -0.2) is 4.39 Å². The SMILES string of the molecule is N#Cc1cccc(C(=O)CF)c1. The molecule has 0 radical (unpaired) electrons. The molecule has 0 bridgehead atoms. The molecule has 0 spiro atoms. The highest BCUT2D eigenvalue weighted by atomic mass is 19.1. The predicted octanol–water partition coefficient (Wildman–Crippen LogP) is 1.71. The van der Waals surface area contributed by atoms with Crippen molar-refractivity contribution in [3.63, 3.8) is 0 Å². The van der Waals surface area contributed by atoms with Crippen LogP contribution < -0.4 is 0 Å². The molecule has 60 valence electrons. The maximum atomic E-state index is 11.9. The van der Waals surface area contributed by atoms with Crippen LogP contribution in [0.1, 0.15) is 15.9 Å². The standard InChI is InChI=1S/C9H6FNO/c10-5-9(12)8-3-1-2-7(4-8)6-11/h1-4H,5H2. The van der Waals surface area contributed by atoms with Gasteiger partial charge in [0.05, 0.1) is 11.6 Å². The molecule has 0 amide bonds. The predicted molar refractivity (Wildman–Crippen MR) is 41.5 cm³/mol. The van der Waals surface area contributed by atoms with Gasteiger partial charge in [0, 0.05) is 5.56 Å². The number of benzene rings is 1. The Morgan fingerprint density at radius 1 is 1.58 bits per heavy atom. The molecule has 0 N–H and O–H groups in total. The number of ketones is 1. The van der Waals surface area contributed by atoms with E-state index < -0.39 is 12.5 Å². The maximum absolute atomic E-state index is 11.9. The van der Waals surface area contributed by atoms with Crippen molar-refractivity contribution in [1.82, 2.24) is 0 Å². The van der Waals surface area contributed by atoms with E-state index in [-0.39, 0.29) is 5.56 Å². The number of hydrogen-bond donors (Lipinski definition) is 0. The normalized spacial score (nSPS) is 9.00. The van der Waals surface area contributed by atoms with E-state index in [1.54, 1.807) is 12.1 Å². The van der Waals surface area contributed by atoms with Crippen molar-refractivity contribution in [3.8, 4) is 6.07 Å². The van der Waals surface area contributed by atoms with Gasteiger partial charge in [0.15, 0.2) is 12.5 Å². The fraction of sp³-hybridized carbons (Fsp3) is 0.111. The number of halogens is 1. The smallest absolute Gasteiger partial charge is 0.193 e. The number of nitriles is 1. The zero-order valence-corrected chi connectivity index (χ0v) is 6.25. The fourth-order valence-corrected chi connectivity index (χ4v) is 0.839. The third-order valence-electron chi connectivity index (χ3n) is 1.44. The number of hydrogen-bond acceptors (Lipinski definition) is 2. The topological polar surface area (TPSA) is 40.9 Å². The van der Waals surface area contributed by atoms with Crippen LogP contribution >= 0.6 is 0 Å². The quantitative estimate of drug-likeness (QED) is 0.622. The van der Waals surface area contributed by atoms with Crippen molar-refractivity contribution in [2.45, 2.75) is 0 Å². The lowest BCUT2D eigenvalue weighted by Gasteiger charge is -1.94. The number of carbonyl (C=O) groups excluding carboxylic acids is 1. The van der Waals surface area contributed by atoms with Crippen LogP contribution in [-0.4, -0.2) is 12.5 Å². The summed E-state index contributed by atoms with van der Waals surface area (Å²) in [7, 11) is 0. The molecule has 0 saturated heterocycles. The van der Waals surface area contributed by atoms with Crippen LogP contribution in [0.2, 0.25) is 0 Å². The van der Waals surface area contributed by atoms with E-state index in [1.807, 2.05) is 6.07 Å². The Morgan fingerprint density at radius 3 is 2.92 bits per heavy atom. The zero-order valence-electron chi connectivity index (χ0n) is 6.25. The van der Waals surface area contributed by atoms with E-state index in [1.165, 1.54) is 12.1 Å². The molecule has 0 heterocycles. The molecule has 0 saturated carbocycles. The number of alkyl halides is 1. The van der Waals surface area contributed by atoms with Gasteiger partial charge in [-0.05, 0) is 12.1 Å². The Kier molecular flexibility index (Phi) is 2.54. The first kappa shape index (κ1) is 8.41. The Hall–Kier alpha value is -1.69. The van der Waals surface area contributed by atoms with Gasteiger partial charge in [-0.2, -0.15) is 5.26 Å². The summed E-state index contributed by atoms with van der Waals surface area (Å²) in [6, 6.07) is 7.86. The van der Waals surface area contributed by atoms with Gasteiger partial charge in [0.25, 0.3) is 0 Å². The van der Waals surface area contributed by atoms with Crippen LogP contribution in [0.25, 0.3) is 0 Å². The van der Waals surface area contributed by atoms with Crippen molar-refractivity contribution in [3.05, 3.63) is 35.4 Å². The summed E-state index contributed by atoms with van der Waals surface area (Å²) in [4.78, 5) is 10.8. The van der Waals surface area contributed by atoms with E-state index >= 15 is 0 Å². The van der Waals surface area contributed by atoms with E-state index in [9.17, 15) is 9.18 Å². The molecule has 0 aliphatic carbocycles. The molecule has 1 rings (SSSR count). The van der Waals surface area contributed by atoms with E-state index in [2.05, 4.69) is 0 Å². The van der Waals surface area contributed by atoms with Gasteiger partial charge in [-0.1, -0.05) is 12.1 Å². The molecule has 1 aromatic rings. The zero-order chi connectivity index (χ0) is 8.97. The molecule has 0 aromatic heterocycles. The van der Waals surface area contributed by atoms with E-state index in [4.69, 9.17) is 5.26 Å². The highest BCUT2D eigenvalue weighted by molar-refractivity contribution is 5.97. The van der Waals surface area contributed by atoms with Crippen molar-refractivity contribution < 1.29 is 9.18 Å². The molecule has 0 atom stereocenters.